The zero-order valence-corrected chi connectivity index (χ0v) is 8.68. The Kier molecular flexibility index (Phi) is 2.99. The topological polar surface area (TPSA) is 26.0 Å². The lowest BCUT2D eigenvalue weighted by Crippen LogP contribution is -2.13. The second kappa shape index (κ2) is 3.69. The van der Waals surface area contributed by atoms with E-state index < -0.39 is 0 Å². The summed E-state index contributed by atoms with van der Waals surface area (Å²) in [5.74, 6) is 0.712. The van der Waals surface area contributed by atoms with Gasteiger partial charge < -0.3 is 5.73 Å². The normalized spacial score (nSPS) is 30.8. The van der Waals surface area contributed by atoms with Crippen LogP contribution in [0, 0.1) is 5.41 Å². The molecule has 2 heteroatoms. The summed E-state index contributed by atoms with van der Waals surface area (Å²) in [5, 5.41) is 0. The average Bonchev–Trinajstić information content (AvgIpc) is 2.81. The molecule has 72 valence electrons. The molecule has 1 fully saturated rings. The Hall–Kier alpha value is -0.530. The molecule has 1 aromatic carbocycles. The van der Waals surface area contributed by atoms with Crippen LogP contribution in [0.4, 0.5) is 0 Å². The van der Waals surface area contributed by atoms with Crippen LogP contribution in [-0.4, -0.2) is 6.54 Å². The van der Waals surface area contributed by atoms with Gasteiger partial charge in [0, 0.05) is 0 Å². The number of halogens is 1. The van der Waals surface area contributed by atoms with E-state index in [-0.39, 0.29) is 12.4 Å². The molecule has 0 spiro atoms. The van der Waals surface area contributed by atoms with Crippen molar-refractivity contribution in [2.45, 2.75) is 19.3 Å². The maximum Gasteiger partial charge on any atom is -0.00171 e. The van der Waals surface area contributed by atoms with E-state index in [2.05, 4.69) is 37.3 Å². The highest BCUT2D eigenvalue weighted by atomic mass is 35.5. The lowest BCUT2D eigenvalue weighted by Gasteiger charge is -2.06. The number of hydrogen-bond donors (Lipinski definition) is 1. The third-order valence-electron chi connectivity index (χ3n) is 3.02. The fourth-order valence-corrected chi connectivity index (χ4v) is 1.84. The Bertz CT molecular complexity index is 273. The minimum absolute atomic E-state index is 0. The van der Waals surface area contributed by atoms with E-state index in [0.717, 1.165) is 6.54 Å². The SMILES string of the molecule is C[C@@]1(CN)CC1c1ccccc1.Cl. The summed E-state index contributed by atoms with van der Waals surface area (Å²) in [7, 11) is 0. The van der Waals surface area contributed by atoms with E-state index in [4.69, 9.17) is 5.73 Å². The minimum Gasteiger partial charge on any atom is -0.330 e. The summed E-state index contributed by atoms with van der Waals surface area (Å²) in [6.45, 7) is 3.08. The molecule has 0 radical (unpaired) electrons. The van der Waals surface area contributed by atoms with Crippen molar-refractivity contribution in [3.8, 4) is 0 Å². The van der Waals surface area contributed by atoms with E-state index in [1.165, 1.54) is 12.0 Å². The molecule has 2 rings (SSSR count). The highest BCUT2D eigenvalue weighted by Gasteiger charge is 2.49. The Morgan fingerprint density at radius 2 is 2.00 bits per heavy atom. The summed E-state index contributed by atoms with van der Waals surface area (Å²) in [4.78, 5) is 0. The summed E-state index contributed by atoms with van der Waals surface area (Å²) < 4.78 is 0. The summed E-state index contributed by atoms with van der Waals surface area (Å²) in [6.07, 6.45) is 1.26. The van der Waals surface area contributed by atoms with Crippen LogP contribution in [0.25, 0.3) is 0 Å². The molecule has 1 unspecified atom stereocenters. The standard InChI is InChI=1S/C11H15N.ClH/c1-11(8-12)7-10(11)9-5-3-2-4-6-9;/h2-6,10H,7-8,12H2,1H3;1H/t10?,11-;/m0./s1. The number of rotatable bonds is 2. The van der Waals surface area contributed by atoms with Gasteiger partial charge in [-0.05, 0) is 29.9 Å². The largest absolute Gasteiger partial charge is 0.330 e. The molecule has 1 aliphatic rings. The zero-order valence-electron chi connectivity index (χ0n) is 7.86. The van der Waals surface area contributed by atoms with Crippen molar-refractivity contribution < 1.29 is 0 Å². The molecule has 0 saturated heterocycles. The van der Waals surface area contributed by atoms with Crippen molar-refractivity contribution in [3.63, 3.8) is 0 Å². The van der Waals surface area contributed by atoms with Crippen molar-refractivity contribution in [2.75, 3.05) is 6.54 Å². The monoisotopic (exact) mass is 197 g/mol. The molecule has 0 aliphatic heterocycles. The number of benzene rings is 1. The number of hydrogen-bond acceptors (Lipinski definition) is 1. The third-order valence-corrected chi connectivity index (χ3v) is 3.02. The van der Waals surface area contributed by atoms with Gasteiger partial charge in [-0.2, -0.15) is 0 Å². The van der Waals surface area contributed by atoms with Gasteiger partial charge in [0.2, 0.25) is 0 Å². The van der Waals surface area contributed by atoms with E-state index in [1.54, 1.807) is 0 Å². The predicted molar refractivity (Wildman–Crippen MR) is 58.2 cm³/mol. The molecule has 1 nitrogen and oxygen atoms in total. The van der Waals surface area contributed by atoms with Crippen molar-refractivity contribution in [1.29, 1.82) is 0 Å². The van der Waals surface area contributed by atoms with Crippen LogP contribution in [0.15, 0.2) is 30.3 Å². The first-order valence-electron chi connectivity index (χ1n) is 4.51. The van der Waals surface area contributed by atoms with Crippen molar-refractivity contribution >= 4 is 12.4 Å². The van der Waals surface area contributed by atoms with Gasteiger partial charge in [-0.15, -0.1) is 12.4 Å². The molecule has 0 aromatic heterocycles. The van der Waals surface area contributed by atoms with E-state index in [0.29, 0.717) is 11.3 Å². The molecule has 2 atom stereocenters. The first kappa shape index (κ1) is 10.6. The van der Waals surface area contributed by atoms with Crippen molar-refractivity contribution in [1.82, 2.24) is 0 Å². The van der Waals surface area contributed by atoms with Crippen LogP contribution in [0.5, 0.6) is 0 Å². The van der Waals surface area contributed by atoms with Crippen molar-refractivity contribution in [2.24, 2.45) is 11.1 Å². The van der Waals surface area contributed by atoms with Gasteiger partial charge in [-0.3, -0.25) is 0 Å². The lowest BCUT2D eigenvalue weighted by molar-refractivity contribution is 0.564. The highest BCUT2D eigenvalue weighted by Crippen LogP contribution is 2.58. The summed E-state index contributed by atoms with van der Waals surface area (Å²) in [5.41, 5.74) is 7.54. The highest BCUT2D eigenvalue weighted by molar-refractivity contribution is 5.85. The Labute approximate surface area is 85.7 Å². The van der Waals surface area contributed by atoms with Crippen molar-refractivity contribution in [3.05, 3.63) is 35.9 Å². The minimum atomic E-state index is 0. The quantitative estimate of drug-likeness (QED) is 0.775. The molecule has 13 heavy (non-hydrogen) atoms. The fraction of sp³-hybridized carbons (Fsp3) is 0.455. The molecule has 1 aromatic rings. The third kappa shape index (κ3) is 1.87. The average molecular weight is 198 g/mol. The van der Waals surface area contributed by atoms with Gasteiger partial charge in [0.25, 0.3) is 0 Å². The van der Waals surface area contributed by atoms with E-state index in [9.17, 15) is 0 Å². The Morgan fingerprint density at radius 1 is 1.38 bits per heavy atom. The van der Waals surface area contributed by atoms with Gasteiger partial charge >= 0.3 is 0 Å². The zero-order chi connectivity index (χ0) is 8.60. The molecule has 1 saturated carbocycles. The van der Waals surface area contributed by atoms with Crippen LogP contribution in [0.1, 0.15) is 24.8 Å². The Balaban J connectivity index is 0.000000845. The second-order valence-electron chi connectivity index (χ2n) is 4.03. The summed E-state index contributed by atoms with van der Waals surface area (Å²) >= 11 is 0. The summed E-state index contributed by atoms with van der Waals surface area (Å²) in [6, 6.07) is 10.7. The molecule has 0 bridgehead atoms. The predicted octanol–water partition coefficient (Wildman–Crippen LogP) is 2.56. The smallest absolute Gasteiger partial charge is 0.00171 e. The van der Waals surface area contributed by atoms with Gasteiger partial charge in [0.05, 0.1) is 0 Å². The van der Waals surface area contributed by atoms with Crippen LogP contribution in [0.3, 0.4) is 0 Å². The van der Waals surface area contributed by atoms with Gasteiger partial charge in [0.15, 0.2) is 0 Å². The Morgan fingerprint density at radius 3 is 2.46 bits per heavy atom. The van der Waals surface area contributed by atoms with Crippen LogP contribution in [0.2, 0.25) is 0 Å². The molecule has 0 amide bonds. The van der Waals surface area contributed by atoms with E-state index in [1.807, 2.05) is 0 Å². The van der Waals surface area contributed by atoms with Crippen LogP contribution < -0.4 is 5.73 Å². The lowest BCUT2D eigenvalue weighted by atomic mass is 10.0. The molecular formula is C11H16ClN. The molecular weight excluding hydrogens is 182 g/mol. The van der Waals surface area contributed by atoms with E-state index >= 15 is 0 Å². The first-order valence-corrected chi connectivity index (χ1v) is 4.51. The maximum atomic E-state index is 5.70. The van der Waals surface area contributed by atoms with Gasteiger partial charge in [-0.1, -0.05) is 37.3 Å². The molecule has 2 N–H and O–H groups in total. The van der Waals surface area contributed by atoms with Crippen LogP contribution >= 0.6 is 12.4 Å². The number of nitrogens with two attached hydrogens (primary N) is 1. The first-order chi connectivity index (χ1) is 5.76. The second-order valence-corrected chi connectivity index (χ2v) is 4.03. The maximum absolute atomic E-state index is 5.70. The van der Waals surface area contributed by atoms with Crippen LogP contribution in [-0.2, 0) is 0 Å². The molecule has 1 aliphatic carbocycles. The fourth-order valence-electron chi connectivity index (χ4n) is 1.84. The molecule has 0 heterocycles. The van der Waals surface area contributed by atoms with Gasteiger partial charge in [-0.25, -0.2) is 0 Å². The van der Waals surface area contributed by atoms with Gasteiger partial charge in [0.1, 0.15) is 0 Å².